The van der Waals surface area contributed by atoms with Crippen LogP contribution in [0.3, 0.4) is 0 Å². The lowest BCUT2D eigenvalue weighted by molar-refractivity contribution is 0.0694. The second-order valence-electron chi connectivity index (χ2n) is 6.59. The molecule has 1 aliphatic heterocycles. The van der Waals surface area contributed by atoms with Crippen LogP contribution in [0.15, 0.2) is 35.5 Å². The molecule has 0 aliphatic carbocycles. The largest absolute Gasteiger partial charge is 0.487 e. The zero-order chi connectivity index (χ0) is 17.2. The van der Waals surface area contributed by atoms with Gasteiger partial charge in [-0.25, -0.2) is 4.98 Å². The third-order valence-electron chi connectivity index (χ3n) is 3.99. The quantitative estimate of drug-likeness (QED) is 0.662. The van der Waals surface area contributed by atoms with Gasteiger partial charge in [-0.05, 0) is 26.8 Å². The Balaban J connectivity index is 1.71. The van der Waals surface area contributed by atoms with E-state index in [0.29, 0.717) is 6.54 Å². The Morgan fingerprint density at radius 1 is 1.42 bits per heavy atom. The van der Waals surface area contributed by atoms with Gasteiger partial charge in [0.05, 0.1) is 12.6 Å². The van der Waals surface area contributed by atoms with Gasteiger partial charge in [0.2, 0.25) is 0 Å². The molecule has 0 saturated carbocycles. The summed E-state index contributed by atoms with van der Waals surface area (Å²) in [6, 6.07) is 8.35. The fourth-order valence-electron chi connectivity index (χ4n) is 2.93. The van der Waals surface area contributed by atoms with Gasteiger partial charge >= 0.3 is 0 Å². The van der Waals surface area contributed by atoms with E-state index >= 15 is 0 Å². The predicted molar refractivity (Wildman–Crippen MR) is 98.7 cm³/mol. The minimum atomic E-state index is -0.211. The summed E-state index contributed by atoms with van der Waals surface area (Å²) in [5.74, 6) is 1.72. The second-order valence-corrected chi connectivity index (χ2v) is 7.91. The Morgan fingerprint density at radius 2 is 2.21 bits per heavy atom. The van der Waals surface area contributed by atoms with Crippen molar-refractivity contribution in [3.05, 3.63) is 45.9 Å². The van der Waals surface area contributed by atoms with Crippen LogP contribution in [-0.4, -0.2) is 23.6 Å². The molecule has 0 spiro atoms. The SMILES string of the molecule is CN=C(NCc1ncc(C)s1)NC1CC(C)(C)Oc2ccccc21. The van der Waals surface area contributed by atoms with Gasteiger partial charge in [-0.2, -0.15) is 0 Å². The average Bonchev–Trinajstić information content (AvgIpc) is 2.95. The maximum Gasteiger partial charge on any atom is 0.191 e. The van der Waals surface area contributed by atoms with Crippen molar-refractivity contribution in [1.82, 2.24) is 15.6 Å². The molecular weight excluding hydrogens is 320 g/mol. The number of fused-ring (bicyclic) bond motifs is 1. The van der Waals surface area contributed by atoms with E-state index in [-0.39, 0.29) is 11.6 Å². The topological polar surface area (TPSA) is 58.5 Å². The monoisotopic (exact) mass is 344 g/mol. The van der Waals surface area contributed by atoms with Crippen molar-refractivity contribution in [1.29, 1.82) is 0 Å². The molecule has 128 valence electrons. The van der Waals surface area contributed by atoms with Crippen molar-refractivity contribution in [2.24, 2.45) is 4.99 Å². The maximum atomic E-state index is 6.09. The van der Waals surface area contributed by atoms with Crippen molar-refractivity contribution in [3.8, 4) is 5.75 Å². The summed E-state index contributed by atoms with van der Waals surface area (Å²) in [5.41, 5.74) is 0.960. The predicted octanol–water partition coefficient (Wildman–Crippen LogP) is 3.42. The van der Waals surface area contributed by atoms with Crippen LogP contribution in [0.2, 0.25) is 0 Å². The van der Waals surface area contributed by atoms with E-state index < -0.39 is 0 Å². The summed E-state index contributed by atoms with van der Waals surface area (Å²) >= 11 is 1.70. The molecule has 0 radical (unpaired) electrons. The number of para-hydroxylation sites is 1. The third-order valence-corrected chi connectivity index (χ3v) is 4.90. The smallest absolute Gasteiger partial charge is 0.191 e. The van der Waals surface area contributed by atoms with Crippen molar-refractivity contribution >= 4 is 17.3 Å². The Kier molecular flexibility index (Phi) is 4.76. The number of hydrogen-bond donors (Lipinski definition) is 2. The average molecular weight is 344 g/mol. The van der Waals surface area contributed by atoms with Gasteiger partial charge in [0.15, 0.2) is 5.96 Å². The lowest BCUT2D eigenvalue weighted by Gasteiger charge is -2.38. The minimum absolute atomic E-state index is 0.161. The van der Waals surface area contributed by atoms with Crippen LogP contribution in [0.1, 0.15) is 41.8 Å². The van der Waals surface area contributed by atoms with E-state index in [1.165, 1.54) is 10.4 Å². The number of nitrogens with zero attached hydrogens (tertiary/aromatic N) is 2. The lowest BCUT2D eigenvalue weighted by Crippen LogP contribution is -2.45. The molecule has 2 heterocycles. The fraction of sp³-hybridized carbons (Fsp3) is 0.444. The molecule has 1 unspecified atom stereocenters. The zero-order valence-corrected chi connectivity index (χ0v) is 15.4. The molecule has 2 N–H and O–H groups in total. The summed E-state index contributed by atoms with van der Waals surface area (Å²) in [7, 11) is 1.79. The molecular formula is C18H24N4OS. The summed E-state index contributed by atoms with van der Waals surface area (Å²) in [5, 5.41) is 7.94. The molecule has 1 aromatic carbocycles. The number of aryl methyl sites for hydroxylation is 1. The summed E-state index contributed by atoms with van der Waals surface area (Å²) in [6.07, 6.45) is 2.77. The fourth-order valence-corrected chi connectivity index (χ4v) is 3.66. The number of rotatable bonds is 3. The highest BCUT2D eigenvalue weighted by atomic mass is 32.1. The Labute approximate surface area is 147 Å². The molecule has 3 rings (SSSR count). The van der Waals surface area contributed by atoms with Crippen LogP contribution in [0.25, 0.3) is 0 Å². The summed E-state index contributed by atoms with van der Waals surface area (Å²) in [4.78, 5) is 9.95. The van der Waals surface area contributed by atoms with Gasteiger partial charge in [-0.1, -0.05) is 18.2 Å². The molecule has 24 heavy (non-hydrogen) atoms. The van der Waals surface area contributed by atoms with Crippen molar-refractivity contribution < 1.29 is 4.74 Å². The number of hydrogen-bond acceptors (Lipinski definition) is 4. The first-order chi connectivity index (χ1) is 11.5. The number of benzene rings is 1. The van der Waals surface area contributed by atoms with Gasteiger partial charge in [0.25, 0.3) is 0 Å². The van der Waals surface area contributed by atoms with E-state index in [2.05, 4.69) is 47.4 Å². The molecule has 0 amide bonds. The normalized spacial score (nSPS) is 19.3. The van der Waals surface area contributed by atoms with Crippen LogP contribution in [-0.2, 0) is 6.54 Å². The highest BCUT2D eigenvalue weighted by molar-refractivity contribution is 7.11. The van der Waals surface area contributed by atoms with Crippen molar-refractivity contribution in [2.75, 3.05) is 7.05 Å². The van der Waals surface area contributed by atoms with Crippen LogP contribution < -0.4 is 15.4 Å². The molecule has 1 atom stereocenters. The number of aromatic nitrogens is 1. The van der Waals surface area contributed by atoms with Gasteiger partial charge < -0.3 is 15.4 Å². The molecule has 6 heteroatoms. The van der Waals surface area contributed by atoms with Crippen LogP contribution in [0.4, 0.5) is 0 Å². The first kappa shape index (κ1) is 16.8. The molecule has 2 aromatic rings. The van der Waals surface area contributed by atoms with E-state index in [1.807, 2.05) is 24.4 Å². The van der Waals surface area contributed by atoms with Gasteiger partial charge in [-0.3, -0.25) is 4.99 Å². The molecule has 1 aliphatic rings. The Morgan fingerprint density at radius 3 is 2.92 bits per heavy atom. The number of guanidine groups is 1. The number of ether oxygens (including phenoxy) is 1. The Bertz CT molecular complexity index is 738. The molecule has 1 aromatic heterocycles. The highest BCUT2D eigenvalue weighted by Gasteiger charge is 2.33. The third kappa shape index (κ3) is 3.87. The van der Waals surface area contributed by atoms with Crippen molar-refractivity contribution in [3.63, 3.8) is 0 Å². The maximum absolute atomic E-state index is 6.09. The van der Waals surface area contributed by atoms with E-state index in [1.54, 1.807) is 18.4 Å². The summed E-state index contributed by atoms with van der Waals surface area (Å²) in [6.45, 7) is 6.97. The van der Waals surface area contributed by atoms with Gasteiger partial charge in [0, 0.05) is 30.1 Å². The molecule has 0 bridgehead atoms. The standard InChI is InChI=1S/C18H24N4OS/c1-12-10-20-16(24-12)11-21-17(19-4)22-14-9-18(2,3)23-15-8-6-5-7-13(14)15/h5-8,10,14H,9,11H2,1-4H3,(H2,19,21,22). The number of nitrogens with one attached hydrogen (secondary N) is 2. The van der Waals surface area contributed by atoms with E-state index in [0.717, 1.165) is 23.1 Å². The molecule has 5 nitrogen and oxygen atoms in total. The number of aliphatic imine (C=N–C) groups is 1. The summed E-state index contributed by atoms with van der Waals surface area (Å²) < 4.78 is 6.09. The zero-order valence-electron chi connectivity index (χ0n) is 14.6. The van der Waals surface area contributed by atoms with E-state index in [4.69, 9.17) is 4.74 Å². The van der Waals surface area contributed by atoms with E-state index in [9.17, 15) is 0 Å². The number of thiazole rings is 1. The molecule has 0 fully saturated rings. The van der Waals surface area contributed by atoms with Gasteiger partial charge in [-0.15, -0.1) is 11.3 Å². The first-order valence-corrected chi connectivity index (χ1v) is 8.95. The highest BCUT2D eigenvalue weighted by Crippen LogP contribution is 2.39. The van der Waals surface area contributed by atoms with Crippen molar-refractivity contribution in [2.45, 2.75) is 45.4 Å². The van der Waals surface area contributed by atoms with Crippen LogP contribution in [0.5, 0.6) is 5.75 Å². The lowest BCUT2D eigenvalue weighted by atomic mass is 9.90. The second kappa shape index (κ2) is 6.81. The van der Waals surface area contributed by atoms with Gasteiger partial charge in [0.1, 0.15) is 16.4 Å². The minimum Gasteiger partial charge on any atom is -0.487 e. The van der Waals surface area contributed by atoms with Crippen LogP contribution in [0, 0.1) is 6.92 Å². The van der Waals surface area contributed by atoms with Crippen LogP contribution >= 0.6 is 11.3 Å². The molecule has 0 saturated heterocycles. The first-order valence-electron chi connectivity index (χ1n) is 8.13. The Hall–Kier alpha value is -2.08.